The van der Waals surface area contributed by atoms with Crippen LogP contribution in [0.2, 0.25) is 0 Å². The Labute approximate surface area is 141 Å². The van der Waals surface area contributed by atoms with Crippen LogP contribution < -0.4 is 10.6 Å². The van der Waals surface area contributed by atoms with Gasteiger partial charge in [0, 0.05) is 37.7 Å². The number of piperidine rings is 1. The monoisotopic (exact) mass is 350 g/mol. The fourth-order valence-electron chi connectivity index (χ4n) is 2.85. The zero-order valence-electron chi connectivity index (χ0n) is 13.6. The number of rotatable bonds is 6. The van der Waals surface area contributed by atoms with E-state index in [1.165, 1.54) is 12.5 Å². The molecule has 1 aliphatic rings. The maximum Gasteiger partial charge on any atom is 0.223 e. The molecular formula is C15H22N6O2S. The number of hydrogen-bond donors (Lipinski definition) is 2. The second-order valence-electron chi connectivity index (χ2n) is 5.95. The van der Waals surface area contributed by atoms with Gasteiger partial charge in [0.1, 0.15) is 4.90 Å². The van der Waals surface area contributed by atoms with Gasteiger partial charge in [-0.1, -0.05) is 0 Å². The Morgan fingerprint density at radius 2 is 2.33 bits per heavy atom. The fourth-order valence-corrected chi connectivity index (χ4v) is 3.68. The molecule has 2 N–H and O–H groups in total. The summed E-state index contributed by atoms with van der Waals surface area (Å²) in [5, 5.41) is 10.6. The van der Waals surface area contributed by atoms with Crippen molar-refractivity contribution in [2.24, 2.45) is 0 Å². The molecule has 3 rings (SSSR count). The van der Waals surface area contributed by atoms with E-state index in [9.17, 15) is 8.42 Å². The Morgan fingerprint density at radius 1 is 1.46 bits per heavy atom. The third-order valence-electron chi connectivity index (χ3n) is 4.05. The van der Waals surface area contributed by atoms with Crippen molar-refractivity contribution in [1.82, 2.24) is 25.1 Å². The second-order valence-corrected chi connectivity index (χ2v) is 7.94. The van der Waals surface area contributed by atoms with Crippen LogP contribution in [0.4, 0.5) is 5.95 Å². The van der Waals surface area contributed by atoms with Crippen LogP contribution >= 0.6 is 0 Å². The number of sulfone groups is 1. The fraction of sp³-hybridized carbons (Fsp3) is 0.533. The lowest BCUT2D eigenvalue weighted by Gasteiger charge is -2.24. The Kier molecular flexibility index (Phi) is 5.10. The standard InChI is InChI=1S/C15H22N6O2S/c1-24(22,23)13-11-18-15(17-7-9-21-8-3-6-19-21)20-14(13)12-4-2-5-16-10-12/h3,6,8,11-12,16H,2,4-5,7,9-10H2,1H3,(H,17,18,20). The summed E-state index contributed by atoms with van der Waals surface area (Å²) in [5.74, 6) is 0.549. The highest BCUT2D eigenvalue weighted by Gasteiger charge is 2.25. The SMILES string of the molecule is CS(=O)(=O)c1cnc(NCCn2cccn2)nc1C1CCCNC1. The van der Waals surface area contributed by atoms with Crippen molar-refractivity contribution >= 4 is 15.8 Å². The molecule has 0 aromatic carbocycles. The summed E-state index contributed by atoms with van der Waals surface area (Å²) < 4.78 is 25.9. The van der Waals surface area contributed by atoms with Gasteiger partial charge in [0.15, 0.2) is 9.84 Å². The minimum atomic E-state index is -3.35. The third kappa shape index (κ3) is 4.09. The Hall–Kier alpha value is -2.00. The van der Waals surface area contributed by atoms with E-state index in [0.29, 0.717) is 24.7 Å². The van der Waals surface area contributed by atoms with Gasteiger partial charge in [-0.3, -0.25) is 4.68 Å². The van der Waals surface area contributed by atoms with Gasteiger partial charge in [-0.15, -0.1) is 0 Å². The zero-order valence-corrected chi connectivity index (χ0v) is 14.5. The summed E-state index contributed by atoms with van der Waals surface area (Å²) in [4.78, 5) is 8.91. The Bertz CT molecular complexity index is 769. The van der Waals surface area contributed by atoms with Gasteiger partial charge >= 0.3 is 0 Å². The molecule has 2 aromatic heterocycles. The minimum Gasteiger partial charge on any atom is -0.352 e. The van der Waals surface area contributed by atoms with Crippen molar-refractivity contribution in [2.45, 2.75) is 30.2 Å². The van der Waals surface area contributed by atoms with Crippen LogP contribution in [0.3, 0.4) is 0 Å². The van der Waals surface area contributed by atoms with Crippen LogP contribution in [0.1, 0.15) is 24.5 Å². The van der Waals surface area contributed by atoms with Crippen molar-refractivity contribution < 1.29 is 8.42 Å². The predicted molar refractivity (Wildman–Crippen MR) is 90.7 cm³/mol. The third-order valence-corrected chi connectivity index (χ3v) is 5.16. The minimum absolute atomic E-state index is 0.0955. The number of hydrogen-bond acceptors (Lipinski definition) is 7. The first kappa shape index (κ1) is 16.8. The summed E-state index contributed by atoms with van der Waals surface area (Å²) >= 11 is 0. The van der Waals surface area contributed by atoms with Crippen molar-refractivity contribution in [3.8, 4) is 0 Å². The normalized spacial score (nSPS) is 18.5. The lowest BCUT2D eigenvalue weighted by Crippen LogP contribution is -2.30. The molecule has 0 aliphatic carbocycles. The molecule has 3 heterocycles. The van der Waals surface area contributed by atoms with Gasteiger partial charge in [0.2, 0.25) is 5.95 Å². The number of anilines is 1. The molecule has 1 atom stereocenters. The van der Waals surface area contributed by atoms with Crippen LogP contribution in [-0.4, -0.2) is 54.1 Å². The van der Waals surface area contributed by atoms with Crippen LogP contribution in [0.5, 0.6) is 0 Å². The average Bonchev–Trinajstić information content (AvgIpc) is 3.08. The predicted octanol–water partition coefficient (Wildman–Crippen LogP) is 0.656. The molecule has 24 heavy (non-hydrogen) atoms. The van der Waals surface area contributed by atoms with Gasteiger partial charge in [0.25, 0.3) is 0 Å². The van der Waals surface area contributed by atoms with E-state index in [1.54, 1.807) is 6.20 Å². The van der Waals surface area contributed by atoms with Gasteiger partial charge in [-0.2, -0.15) is 5.10 Å². The first-order valence-electron chi connectivity index (χ1n) is 8.03. The van der Waals surface area contributed by atoms with E-state index in [1.807, 2.05) is 16.9 Å². The molecule has 0 spiro atoms. The molecule has 1 aliphatic heterocycles. The van der Waals surface area contributed by atoms with E-state index in [2.05, 4.69) is 25.7 Å². The molecule has 0 radical (unpaired) electrons. The Morgan fingerprint density at radius 3 is 3.00 bits per heavy atom. The summed E-state index contributed by atoms with van der Waals surface area (Å²) in [6.07, 6.45) is 8.18. The lowest BCUT2D eigenvalue weighted by molar-refractivity contribution is 0.448. The second kappa shape index (κ2) is 7.27. The largest absolute Gasteiger partial charge is 0.352 e. The van der Waals surface area contributed by atoms with Crippen molar-refractivity contribution in [3.05, 3.63) is 30.4 Å². The molecule has 1 fully saturated rings. The molecule has 0 amide bonds. The smallest absolute Gasteiger partial charge is 0.223 e. The number of nitrogens with zero attached hydrogens (tertiary/aromatic N) is 4. The van der Waals surface area contributed by atoms with E-state index >= 15 is 0 Å². The lowest BCUT2D eigenvalue weighted by atomic mass is 9.96. The van der Waals surface area contributed by atoms with Crippen LogP contribution in [-0.2, 0) is 16.4 Å². The highest BCUT2D eigenvalue weighted by Crippen LogP contribution is 2.27. The van der Waals surface area contributed by atoms with E-state index in [4.69, 9.17) is 0 Å². The summed E-state index contributed by atoms with van der Waals surface area (Å²) in [5.41, 5.74) is 0.612. The maximum absolute atomic E-state index is 12.0. The van der Waals surface area contributed by atoms with E-state index in [0.717, 1.165) is 25.9 Å². The number of nitrogens with one attached hydrogen (secondary N) is 2. The maximum atomic E-state index is 12.0. The molecule has 0 saturated carbocycles. The first-order chi connectivity index (χ1) is 11.5. The summed E-state index contributed by atoms with van der Waals surface area (Å²) in [6, 6.07) is 1.87. The van der Waals surface area contributed by atoms with Gasteiger partial charge in [-0.05, 0) is 25.5 Å². The van der Waals surface area contributed by atoms with E-state index in [-0.39, 0.29) is 10.8 Å². The molecule has 9 heteroatoms. The molecule has 130 valence electrons. The molecule has 2 aromatic rings. The van der Waals surface area contributed by atoms with Crippen LogP contribution in [0.25, 0.3) is 0 Å². The van der Waals surface area contributed by atoms with Crippen LogP contribution in [0, 0.1) is 0 Å². The topological polar surface area (TPSA) is 102 Å². The molecule has 1 unspecified atom stereocenters. The molecule has 1 saturated heterocycles. The Balaban J connectivity index is 1.78. The zero-order chi connectivity index (χ0) is 17.0. The highest BCUT2D eigenvalue weighted by molar-refractivity contribution is 7.90. The number of aromatic nitrogens is 4. The van der Waals surface area contributed by atoms with Crippen molar-refractivity contribution in [3.63, 3.8) is 0 Å². The molecule has 0 bridgehead atoms. The molecular weight excluding hydrogens is 328 g/mol. The van der Waals surface area contributed by atoms with Gasteiger partial charge < -0.3 is 10.6 Å². The quantitative estimate of drug-likeness (QED) is 0.789. The molecule has 8 nitrogen and oxygen atoms in total. The first-order valence-corrected chi connectivity index (χ1v) is 9.92. The van der Waals surface area contributed by atoms with Crippen molar-refractivity contribution in [2.75, 3.05) is 31.2 Å². The van der Waals surface area contributed by atoms with Gasteiger partial charge in [-0.25, -0.2) is 18.4 Å². The average molecular weight is 350 g/mol. The highest BCUT2D eigenvalue weighted by atomic mass is 32.2. The van der Waals surface area contributed by atoms with Gasteiger partial charge in [0.05, 0.1) is 18.4 Å². The van der Waals surface area contributed by atoms with E-state index < -0.39 is 9.84 Å². The summed E-state index contributed by atoms with van der Waals surface area (Å²) in [6.45, 7) is 3.00. The summed E-state index contributed by atoms with van der Waals surface area (Å²) in [7, 11) is -3.35. The van der Waals surface area contributed by atoms with Crippen molar-refractivity contribution in [1.29, 1.82) is 0 Å². The van der Waals surface area contributed by atoms with Crippen LogP contribution in [0.15, 0.2) is 29.6 Å².